The minimum absolute atomic E-state index is 0.0430. The lowest BCUT2D eigenvalue weighted by Gasteiger charge is -2.32. The van der Waals surface area contributed by atoms with Crippen molar-refractivity contribution in [1.29, 1.82) is 0 Å². The molecule has 1 aliphatic heterocycles. The van der Waals surface area contributed by atoms with Crippen molar-refractivity contribution >= 4 is 23.2 Å². The standard InChI is InChI=1S/C21H25ClN2O/c1-15-11-13-24(14-12-15)20-9-5-17(6-10-20)16(2)23-21(25)18-3-7-19(22)8-4-18/h3-10,15-16H,11-14H2,1-2H3,(H,23,25)/t16-/m1/s1. The fourth-order valence-corrected chi connectivity index (χ4v) is 3.33. The number of anilines is 1. The van der Waals surface area contributed by atoms with Gasteiger partial charge in [0.15, 0.2) is 0 Å². The highest BCUT2D eigenvalue weighted by Crippen LogP contribution is 2.24. The molecule has 1 heterocycles. The van der Waals surface area contributed by atoms with Gasteiger partial charge >= 0.3 is 0 Å². The molecule has 3 nitrogen and oxygen atoms in total. The number of amides is 1. The Balaban J connectivity index is 1.61. The van der Waals surface area contributed by atoms with Gasteiger partial charge in [0.05, 0.1) is 6.04 Å². The van der Waals surface area contributed by atoms with Gasteiger partial charge in [-0.2, -0.15) is 0 Å². The summed E-state index contributed by atoms with van der Waals surface area (Å²) in [5.41, 5.74) is 3.00. The molecule has 1 N–H and O–H groups in total. The van der Waals surface area contributed by atoms with Crippen molar-refractivity contribution < 1.29 is 4.79 Å². The van der Waals surface area contributed by atoms with Crippen molar-refractivity contribution in [3.8, 4) is 0 Å². The minimum Gasteiger partial charge on any atom is -0.372 e. The zero-order chi connectivity index (χ0) is 17.8. The van der Waals surface area contributed by atoms with E-state index < -0.39 is 0 Å². The van der Waals surface area contributed by atoms with Crippen molar-refractivity contribution in [3.05, 3.63) is 64.7 Å². The molecule has 3 rings (SSSR count). The van der Waals surface area contributed by atoms with Crippen LogP contribution in [-0.2, 0) is 0 Å². The molecule has 1 aliphatic rings. The summed E-state index contributed by atoms with van der Waals surface area (Å²) in [6, 6.07) is 15.5. The monoisotopic (exact) mass is 356 g/mol. The molecule has 132 valence electrons. The predicted molar refractivity (Wildman–Crippen MR) is 104 cm³/mol. The SMILES string of the molecule is CC1CCN(c2ccc([C@@H](C)NC(=O)c3ccc(Cl)cc3)cc2)CC1. The van der Waals surface area contributed by atoms with Crippen LogP contribution in [0.25, 0.3) is 0 Å². The molecule has 4 heteroatoms. The number of carbonyl (C=O) groups excluding carboxylic acids is 1. The van der Waals surface area contributed by atoms with E-state index in [1.165, 1.54) is 18.5 Å². The van der Waals surface area contributed by atoms with E-state index in [1.807, 2.05) is 6.92 Å². The molecule has 0 spiro atoms. The average molecular weight is 357 g/mol. The Kier molecular flexibility index (Phi) is 5.64. The Hall–Kier alpha value is -2.00. The van der Waals surface area contributed by atoms with Crippen LogP contribution in [0.5, 0.6) is 0 Å². The lowest BCUT2D eigenvalue weighted by Crippen LogP contribution is -2.32. The second kappa shape index (κ2) is 7.92. The van der Waals surface area contributed by atoms with E-state index in [9.17, 15) is 4.79 Å². The number of benzene rings is 2. The molecular formula is C21H25ClN2O. The molecule has 0 radical (unpaired) electrons. The molecule has 0 aliphatic carbocycles. The van der Waals surface area contributed by atoms with Crippen LogP contribution in [0, 0.1) is 5.92 Å². The van der Waals surface area contributed by atoms with Crippen LogP contribution in [0.1, 0.15) is 48.7 Å². The van der Waals surface area contributed by atoms with Crippen molar-refractivity contribution in [1.82, 2.24) is 5.32 Å². The van der Waals surface area contributed by atoms with Gasteiger partial charge in [-0.1, -0.05) is 30.7 Å². The Bertz CT molecular complexity index is 704. The molecule has 0 saturated carbocycles. The smallest absolute Gasteiger partial charge is 0.251 e. The van der Waals surface area contributed by atoms with Crippen LogP contribution in [0.3, 0.4) is 0 Å². The number of hydrogen-bond acceptors (Lipinski definition) is 2. The van der Waals surface area contributed by atoms with E-state index in [0.717, 1.165) is 24.6 Å². The summed E-state index contributed by atoms with van der Waals surface area (Å²) in [5.74, 6) is 0.747. The van der Waals surface area contributed by atoms with E-state index in [2.05, 4.69) is 41.4 Å². The molecule has 25 heavy (non-hydrogen) atoms. The minimum atomic E-state index is -0.0849. The van der Waals surface area contributed by atoms with Gasteiger partial charge in [-0.05, 0) is 67.6 Å². The Labute approximate surface area is 155 Å². The number of nitrogens with zero attached hydrogens (tertiary/aromatic N) is 1. The molecule has 0 aromatic heterocycles. The lowest BCUT2D eigenvalue weighted by atomic mass is 9.98. The molecule has 1 fully saturated rings. The van der Waals surface area contributed by atoms with Crippen molar-refractivity contribution in [3.63, 3.8) is 0 Å². The van der Waals surface area contributed by atoms with Crippen LogP contribution in [0.15, 0.2) is 48.5 Å². The fraction of sp³-hybridized carbons (Fsp3) is 0.381. The summed E-state index contributed by atoms with van der Waals surface area (Å²) in [5, 5.41) is 3.67. The number of piperidine rings is 1. The van der Waals surface area contributed by atoms with Gasteiger partial charge in [0.1, 0.15) is 0 Å². The average Bonchev–Trinajstić information content (AvgIpc) is 2.63. The third-order valence-electron chi connectivity index (χ3n) is 5.00. The van der Waals surface area contributed by atoms with Crippen molar-refractivity contribution in [2.24, 2.45) is 5.92 Å². The number of rotatable bonds is 4. The maximum atomic E-state index is 12.3. The highest BCUT2D eigenvalue weighted by molar-refractivity contribution is 6.30. The number of nitrogens with one attached hydrogen (secondary N) is 1. The van der Waals surface area contributed by atoms with Crippen LogP contribution in [0.4, 0.5) is 5.69 Å². The Morgan fingerprint density at radius 1 is 1.08 bits per heavy atom. The van der Waals surface area contributed by atoms with Crippen LogP contribution < -0.4 is 10.2 Å². The molecular weight excluding hydrogens is 332 g/mol. The van der Waals surface area contributed by atoms with Crippen LogP contribution >= 0.6 is 11.6 Å². The van der Waals surface area contributed by atoms with Gasteiger partial charge in [-0.15, -0.1) is 0 Å². The molecule has 2 aromatic carbocycles. The first-order chi connectivity index (χ1) is 12.0. The largest absolute Gasteiger partial charge is 0.372 e. The van der Waals surface area contributed by atoms with Gasteiger partial charge in [0.2, 0.25) is 0 Å². The van der Waals surface area contributed by atoms with E-state index in [0.29, 0.717) is 10.6 Å². The number of hydrogen-bond donors (Lipinski definition) is 1. The summed E-state index contributed by atoms with van der Waals surface area (Å²) in [6.07, 6.45) is 2.52. The van der Waals surface area contributed by atoms with E-state index in [4.69, 9.17) is 11.6 Å². The van der Waals surface area contributed by atoms with Gasteiger partial charge in [-0.25, -0.2) is 0 Å². The summed E-state index contributed by atoms with van der Waals surface area (Å²) in [7, 11) is 0. The van der Waals surface area contributed by atoms with Gasteiger partial charge < -0.3 is 10.2 Å². The van der Waals surface area contributed by atoms with Crippen molar-refractivity contribution in [2.45, 2.75) is 32.7 Å². The zero-order valence-electron chi connectivity index (χ0n) is 14.8. The summed E-state index contributed by atoms with van der Waals surface area (Å²) < 4.78 is 0. The molecule has 1 saturated heterocycles. The third kappa shape index (κ3) is 4.55. The fourth-order valence-electron chi connectivity index (χ4n) is 3.21. The van der Waals surface area contributed by atoms with Crippen LogP contribution in [-0.4, -0.2) is 19.0 Å². The van der Waals surface area contributed by atoms with Crippen LogP contribution in [0.2, 0.25) is 5.02 Å². The second-order valence-electron chi connectivity index (χ2n) is 6.96. The number of halogens is 1. The molecule has 2 aromatic rings. The maximum Gasteiger partial charge on any atom is 0.251 e. The molecule has 0 unspecified atom stereocenters. The Morgan fingerprint density at radius 3 is 2.28 bits per heavy atom. The van der Waals surface area contributed by atoms with Gasteiger partial charge in [0.25, 0.3) is 5.91 Å². The maximum absolute atomic E-state index is 12.3. The first-order valence-electron chi connectivity index (χ1n) is 8.94. The quantitative estimate of drug-likeness (QED) is 0.829. The first kappa shape index (κ1) is 17.8. The summed E-state index contributed by atoms with van der Waals surface area (Å²) in [4.78, 5) is 14.8. The predicted octanol–water partition coefficient (Wildman–Crippen LogP) is 5.07. The number of carbonyl (C=O) groups is 1. The highest BCUT2D eigenvalue weighted by Gasteiger charge is 2.17. The second-order valence-corrected chi connectivity index (χ2v) is 7.40. The summed E-state index contributed by atoms with van der Waals surface area (Å²) >= 11 is 5.87. The topological polar surface area (TPSA) is 32.3 Å². The van der Waals surface area contributed by atoms with Gasteiger partial charge in [0, 0.05) is 29.4 Å². The first-order valence-corrected chi connectivity index (χ1v) is 9.32. The van der Waals surface area contributed by atoms with E-state index in [-0.39, 0.29) is 11.9 Å². The van der Waals surface area contributed by atoms with Gasteiger partial charge in [-0.3, -0.25) is 4.79 Å². The molecule has 1 amide bonds. The lowest BCUT2D eigenvalue weighted by molar-refractivity contribution is 0.0940. The van der Waals surface area contributed by atoms with Crippen molar-refractivity contribution in [2.75, 3.05) is 18.0 Å². The zero-order valence-corrected chi connectivity index (χ0v) is 15.6. The highest BCUT2D eigenvalue weighted by atomic mass is 35.5. The normalized spacial score (nSPS) is 16.5. The molecule has 0 bridgehead atoms. The third-order valence-corrected chi connectivity index (χ3v) is 5.25. The summed E-state index contributed by atoms with van der Waals surface area (Å²) in [6.45, 7) is 6.59. The Morgan fingerprint density at radius 2 is 1.68 bits per heavy atom. The van der Waals surface area contributed by atoms with E-state index in [1.54, 1.807) is 24.3 Å². The molecule has 1 atom stereocenters. The van der Waals surface area contributed by atoms with E-state index >= 15 is 0 Å².